The van der Waals surface area contributed by atoms with Crippen molar-refractivity contribution < 1.29 is 5.11 Å². The monoisotopic (exact) mass is 294 g/mol. The van der Waals surface area contributed by atoms with Crippen LogP contribution in [0.3, 0.4) is 0 Å². The molecule has 5 nitrogen and oxygen atoms in total. The van der Waals surface area contributed by atoms with Crippen molar-refractivity contribution in [3.05, 3.63) is 59.5 Å². The van der Waals surface area contributed by atoms with Crippen LogP contribution in [0.25, 0.3) is 5.52 Å². The lowest BCUT2D eigenvalue weighted by Crippen LogP contribution is -2.24. The molecule has 3 aromatic rings. The summed E-state index contributed by atoms with van der Waals surface area (Å²) in [5, 5.41) is 14.8. The number of anilines is 1. The Morgan fingerprint density at radius 3 is 3.05 bits per heavy atom. The summed E-state index contributed by atoms with van der Waals surface area (Å²) >= 11 is 0. The fourth-order valence-corrected chi connectivity index (χ4v) is 3.18. The molecule has 0 fully saturated rings. The second-order valence-corrected chi connectivity index (χ2v) is 5.79. The molecule has 1 aliphatic rings. The zero-order valence-electron chi connectivity index (χ0n) is 12.5. The van der Waals surface area contributed by atoms with Crippen LogP contribution in [0.1, 0.15) is 29.3 Å². The Morgan fingerprint density at radius 1 is 1.27 bits per heavy atom. The molecule has 0 radical (unpaired) electrons. The highest BCUT2D eigenvalue weighted by molar-refractivity contribution is 5.69. The zero-order chi connectivity index (χ0) is 15.1. The van der Waals surface area contributed by atoms with Crippen LogP contribution < -0.4 is 4.90 Å². The Bertz CT molecular complexity index is 826. The molecule has 3 heterocycles. The van der Waals surface area contributed by atoms with Crippen molar-refractivity contribution in [1.29, 1.82) is 0 Å². The van der Waals surface area contributed by atoms with E-state index < -0.39 is 6.10 Å². The molecule has 0 aliphatic carbocycles. The molecule has 5 heteroatoms. The Balaban J connectivity index is 1.79. The third-order valence-corrected chi connectivity index (χ3v) is 4.24. The van der Waals surface area contributed by atoms with E-state index in [0.717, 1.165) is 41.2 Å². The topological polar surface area (TPSA) is 53.7 Å². The van der Waals surface area contributed by atoms with Crippen LogP contribution in [0.2, 0.25) is 0 Å². The average Bonchev–Trinajstić information content (AvgIpc) is 2.83. The van der Waals surface area contributed by atoms with Crippen LogP contribution in [0.5, 0.6) is 0 Å². The molecule has 1 N–H and O–H groups in total. The van der Waals surface area contributed by atoms with Gasteiger partial charge in [-0.25, -0.2) is 9.50 Å². The van der Waals surface area contributed by atoms with E-state index in [1.165, 1.54) is 0 Å². The predicted octanol–water partition coefficient (Wildman–Crippen LogP) is 2.48. The molecule has 1 atom stereocenters. The van der Waals surface area contributed by atoms with Gasteiger partial charge in [-0.05, 0) is 30.5 Å². The second kappa shape index (κ2) is 5.10. The Hall–Kier alpha value is -2.40. The number of nitrogens with zero attached hydrogens (tertiary/aromatic N) is 4. The van der Waals surface area contributed by atoms with Gasteiger partial charge in [0.2, 0.25) is 0 Å². The number of aryl methyl sites for hydroxylation is 1. The maximum atomic E-state index is 10.4. The lowest BCUT2D eigenvalue weighted by Gasteiger charge is -2.22. The maximum Gasteiger partial charge on any atom is 0.154 e. The average molecular weight is 294 g/mol. The van der Waals surface area contributed by atoms with Crippen LogP contribution in [0.4, 0.5) is 5.82 Å². The summed E-state index contributed by atoms with van der Waals surface area (Å²) in [5.74, 6) is 0.923. The van der Waals surface area contributed by atoms with Gasteiger partial charge >= 0.3 is 0 Å². The first kappa shape index (κ1) is 13.3. The molecular weight excluding hydrogens is 276 g/mol. The number of aliphatic hydroxyl groups excluding tert-OH is 1. The first-order valence-corrected chi connectivity index (χ1v) is 7.54. The van der Waals surface area contributed by atoms with E-state index in [-0.39, 0.29) is 0 Å². The molecule has 2 aromatic heterocycles. The summed E-state index contributed by atoms with van der Waals surface area (Å²) < 4.78 is 1.87. The number of fused-ring (bicyclic) bond motifs is 2. The predicted molar refractivity (Wildman–Crippen MR) is 84.8 cm³/mol. The second-order valence-electron chi connectivity index (χ2n) is 5.79. The first-order valence-electron chi connectivity index (χ1n) is 7.54. The minimum Gasteiger partial charge on any atom is -0.388 e. The van der Waals surface area contributed by atoms with E-state index in [4.69, 9.17) is 0 Å². The molecule has 22 heavy (non-hydrogen) atoms. The lowest BCUT2D eigenvalue weighted by molar-refractivity contribution is 0.171. The standard InChI is InChI=1S/C17H18N4O/c1-12-10-15-17(18-7-9-21(15)19-12)20-8-6-16(22)14-5-3-2-4-13(14)11-20/h2-5,7,9-10,16,22H,6,8,11H2,1H3. The fourth-order valence-electron chi connectivity index (χ4n) is 3.18. The molecule has 1 aromatic carbocycles. The van der Waals surface area contributed by atoms with Gasteiger partial charge in [-0.3, -0.25) is 0 Å². The molecule has 1 aliphatic heterocycles. The van der Waals surface area contributed by atoms with E-state index in [1.54, 1.807) is 6.20 Å². The first-order chi connectivity index (χ1) is 10.7. The lowest BCUT2D eigenvalue weighted by atomic mass is 10.0. The van der Waals surface area contributed by atoms with Crippen molar-refractivity contribution in [1.82, 2.24) is 14.6 Å². The highest BCUT2D eigenvalue weighted by Crippen LogP contribution is 2.30. The zero-order valence-corrected chi connectivity index (χ0v) is 12.5. The highest BCUT2D eigenvalue weighted by Gasteiger charge is 2.22. The number of rotatable bonds is 1. The quantitative estimate of drug-likeness (QED) is 0.749. The molecule has 1 unspecified atom stereocenters. The largest absolute Gasteiger partial charge is 0.388 e. The minimum atomic E-state index is -0.410. The fraction of sp³-hybridized carbons (Fsp3) is 0.294. The van der Waals surface area contributed by atoms with E-state index in [9.17, 15) is 5.11 Å². The molecule has 0 spiro atoms. The molecule has 0 amide bonds. The van der Waals surface area contributed by atoms with Crippen LogP contribution in [-0.4, -0.2) is 26.2 Å². The van der Waals surface area contributed by atoms with Gasteiger partial charge in [-0.1, -0.05) is 24.3 Å². The van der Waals surface area contributed by atoms with Crippen molar-refractivity contribution in [3.8, 4) is 0 Å². The normalized spacial score (nSPS) is 18.3. The van der Waals surface area contributed by atoms with Crippen LogP contribution in [0, 0.1) is 6.92 Å². The summed E-state index contributed by atoms with van der Waals surface area (Å²) in [6.45, 7) is 3.51. The molecule has 4 rings (SSSR count). The Kier molecular flexibility index (Phi) is 3.08. The summed E-state index contributed by atoms with van der Waals surface area (Å²) in [6, 6.07) is 10.2. The van der Waals surface area contributed by atoms with Crippen LogP contribution in [0.15, 0.2) is 42.7 Å². The third kappa shape index (κ3) is 2.14. The summed E-state index contributed by atoms with van der Waals surface area (Å²) in [6.07, 6.45) is 3.94. The van der Waals surface area contributed by atoms with E-state index in [2.05, 4.69) is 27.1 Å². The van der Waals surface area contributed by atoms with Crippen molar-refractivity contribution in [2.24, 2.45) is 0 Å². The van der Waals surface area contributed by atoms with Gasteiger partial charge in [0.1, 0.15) is 5.52 Å². The van der Waals surface area contributed by atoms with Crippen LogP contribution >= 0.6 is 0 Å². The van der Waals surface area contributed by atoms with Gasteiger partial charge in [-0.15, -0.1) is 0 Å². The minimum absolute atomic E-state index is 0.410. The summed E-state index contributed by atoms with van der Waals surface area (Å²) in [7, 11) is 0. The molecule has 0 bridgehead atoms. The number of benzene rings is 1. The number of hydrogen-bond acceptors (Lipinski definition) is 4. The molecule has 0 saturated carbocycles. The number of aromatic nitrogens is 3. The number of aliphatic hydroxyl groups is 1. The number of hydrogen-bond donors (Lipinski definition) is 1. The van der Waals surface area contributed by atoms with Gasteiger partial charge in [-0.2, -0.15) is 5.10 Å². The highest BCUT2D eigenvalue weighted by atomic mass is 16.3. The van der Waals surface area contributed by atoms with E-state index in [0.29, 0.717) is 6.42 Å². The van der Waals surface area contributed by atoms with Gasteiger partial charge in [0.05, 0.1) is 11.8 Å². The molecule has 0 saturated heterocycles. The van der Waals surface area contributed by atoms with Crippen LogP contribution in [-0.2, 0) is 6.54 Å². The van der Waals surface area contributed by atoms with Crippen molar-refractivity contribution in [2.75, 3.05) is 11.4 Å². The Morgan fingerprint density at radius 2 is 2.14 bits per heavy atom. The SMILES string of the molecule is Cc1cc2c(N3CCC(O)c4ccccc4C3)nccn2n1. The maximum absolute atomic E-state index is 10.4. The van der Waals surface area contributed by atoms with Gasteiger partial charge in [0.15, 0.2) is 5.82 Å². The summed E-state index contributed by atoms with van der Waals surface area (Å²) in [4.78, 5) is 6.79. The third-order valence-electron chi connectivity index (χ3n) is 4.24. The van der Waals surface area contributed by atoms with Crippen molar-refractivity contribution in [3.63, 3.8) is 0 Å². The van der Waals surface area contributed by atoms with Gasteiger partial charge in [0.25, 0.3) is 0 Å². The van der Waals surface area contributed by atoms with Crippen molar-refractivity contribution >= 4 is 11.3 Å². The van der Waals surface area contributed by atoms with Gasteiger partial charge in [0, 0.05) is 25.5 Å². The molecular formula is C17H18N4O. The summed E-state index contributed by atoms with van der Waals surface area (Å²) in [5.41, 5.74) is 4.17. The van der Waals surface area contributed by atoms with Crippen molar-refractivity contribution in [2.45, 2.75) is 26.0 Å². The van der Waals surface area contributed by atoms with Gasteiger partial charge < -0.3 is 10.0 Å². The van der Waals surface area contributed by atoms with E-state index in [1.807, 2.05) is 35.8 Å². The molecule has 112 valence electrons. The Labute approximate surface area is 128 Å². The van der Waals surface area contributed by atoms with E-state index >= 15 is 0 Å². The smallest absolute Gasteiger partial charge is 0.154 e.